The molecule has 0 spiro atoms. The number of aromatic carboxylic acids is 1. The first kappa shape index (κ1) is 14.3. The van der Waals surface area contributed by atoms with Crippen LogP contribution in [0.15, 0.2) is 29.6 Å². The minimum atomic E-state index is -0.940. The molecule has 0 radical (unpaired) electrons. The van der Waals surface area contributed by atoms with Crippen molar-refractivity contribution in [3.05, 3.63) is 45.9 Å². The fourth-order valence-corrected chi connectivity index (χ4v) is 2.48. The first-order valence-corrected chi connectivity index (χ1v) is 6.95. The van der Waals surface area contributed by atoms with Gasteiger partial charge in [0, 0.05) is 22.9 Å². The average molecular weight is 295 g/mol. The van der Waals surface area contributed by atoms with Gasteiger partial charge in [0.15, 0.2) is 0 Å². The zero-order valence-corrected chi connectivity index (χ0v) is 11.7. The quantitative estimate of drug-likeness (QED) is 0.855. The smallest absolute Gasteiger partial charge is 0.336 e. The molecule has 20 heavy (non-hydrogen) atoms. The van der Waals surface area contributed by atoms with Crippen molar-refractivity contribution < 1.29 is 19.0 Å². The van der Waals surface area contributed by atoms with E-state index >= 15 is 0 Å². The van der Waals surface area contributed by atoms with E-state index in [1.165, 1.54) is 23.5 Å². The third-order valence-electron chi connectivity index (χ3n) is 2.60. The van der Waals surface area contributed by atoms with E-state index in [1.807, 2.05) is 6.92 Å². The highest BCUT2D eigenvalue weighted by Crippen LogP contribution is 2.26. The number of hydrogen-bond donors (Lipinski definition) is 2. The molecule has 1 heterocycles. The maximum Gasteiger partial charge on any atom is 0.336 e. The van der Waals surface area contributed by atoms with Crippen LogP contribution in [0.5, 0.6) is 5.75 Å². The van der Waals surface area contributed by atoms with Crippen molar-refractivity contribution >= 4 is 23.0 Å². The Morgan fingerprint density at radius 3 is 2.90 bits per heavy atom. The SMILES string of the molecule is CCOc1cc(F)ccc1NCc1cc(C(=O)O)cs1. The molecule has 1 aromatic carbocycles. The predicted molar refractivity (Wildman–Crippen MR) is 76.2 cm³/mol. The number of ether oxygens (including phenoxy) is 1. The highest BCUT2D eigenvalue weighted by molar-refractivity contribution is 7.10. The number of carbonyl (C=O) groups is 1. The molecule has 0 unspecified atom stereocenters. The lowest BCUT2D eigenvalue weighted by Gasteiger charge is -2.11. The molecule has 2 N–H and O–H groups in total. The molecule has 0 fully saturated rings. The second-order valence-corrected chi connectivity index (χ2v) is 5.03. The molecule has 0 saturated heterocycles. The Bertz CT molecular complexity index is 612. The van der Waals surface area contributed by atoms with Gasteiger partial charge in [-0.15, -0.1) is 11.3 Å². The van der Waals surface area contributed by atoms with Crippen LogP contribution in [0.2, 0.25) is 0 Å². The minimum absolute atomic E-state index is 0.274. The first-order valence-electron chi connectivity index (χ1n) is 6.07. The van der Waals surface area contributed by atoms with Crippen molar-refractivity contribution in [2.45, 2.75) is 13.5 Å². The third kappa shape index (κ3) is 3.48. The summed E-state index contributed by atoms with van der Waals surface area (Å²) < 4.78 is 18.5. The van der Waals surface area contributed by atoms with Crippen LogP contribution in [0.1, 0.15) is 22.2 Å². The molecule has 4 nitrogen and oxygen atoms in total. The van der Waals surface area contributed by atoms with Gasteiger partial charge >= 0.3 is 5.97 Å². The van der Waals surface area contributed by atoms with Gasteiger partial charge < -0.3 is 15.2 Å². The lowest BCUT2D eigenvalue weighted by atomic mass is 10.2. The lowest BCUT2D eigenvalue weighted by molar-refractivity contribution is 0.0697. The van der Waals surface area contributed by atoms with Crippen molar-refractivity contribution in [3.63, 3.8) is 0 Å². The molecule has 106 valence electrons. The number of carboxylic acid groups (broad SMARTS) is 1. The fraction of sp³-hybridized carbons (Fsp3) is 0.214. The molecule has 0 amide bonds. The summed E-state index contributed by atoms with van der Waals surface area (Å²) in [6, 6.07) is 5.89. The number of thiophene rings is 1. The Balaban J connectivity index is 2.07. The molecule has 0 aliphatic heterocycles. The zero-order chi connectivity index (χ0) is 14.5. The second kappa shape index (κ2) is 6.38. The predicted octanol–water partition coefficient (Wildman–Crippen LogP) is 3.60. The number of carboxylic acids is 1. The average Bonchev–Trinajstić information content (AvgIpc) is 2.87. The number of benzene rings is 1. The number of rotatable bonds is 6. The highest BCUT2D eigenvalue weighted by Gasteiger charge is 2.08. The standard InChI is InChI=1S/C14H14FNO3S/c1-2-19-13-6-10(15)3-4-12(13)16-7-11-5-9(8-20-11)14(17)18/h3-6,8,16H,2,7H2,1H3,(H,17,18). The Kier molecular flexibility index (Phi) is 4.57. The molecular formula is C14H14FNO3S. The Hall–Kier alpha value is -2.08. The van der Waals surface area contributed by atoms with Crippen LogP contribution in [0.3, 0.4) is 0 Å². The van der Waals surface area contributed by atoms with Crippen LogP contribution in [-0.2, 0) is 6.54 Å². The fourth-order valence-electron chi connectivity index (χ4n) is 1.68. The summed E-state index contributed by atoms with van der Waals surface area (Å²) in [6.45, 7) is 2.73. The van der Waals surface area contributed by atoms with Crippen LogP contribution >= 0.6 is 11.3 Å². The molecule has 0 bridgehead atoms. The number of halogens is 1. The van der Waals surface area contributed by atoms with E-state index in [2.05, 4.69) is 5.32 Å². The summed E-state index contributed by atoms with van der Waals surface area (Å²) in [5.41, 5.74) is 0.953. The lowest BCUT2D eigenvalue weighted by Crippen LogP contribution is -2.02. The van der Waals surface area contributed by atoms with Crippen molar-refractivity contribution in [1.29, 1.82) is 0 Å². The van der Waals surface area contributed by atoms with Crippen molar-refractivity contribution in [2.24, 2.45) is 0 Å². The number of hydrogen-bond acceptors (Lipinski definition) is 4. The van der Waals surface area contributed by atoms with Gasteiger partial charge in [0.25, 0.3) is 0 Å². The molecule has 6 heteroatoms. The van der Waals surface area contributed by atoms with Gasteiger partial charge in [-0.2, -0.15) is 0 Å². The third-order valence-corrected chi connectivity index (χ3v) is 3.53. The molecule has 0 saturated carbocycles. The first-order chi connectivity index (χ1) is 9.60. The van der Waals surface area contributed by atoms with Gasteiger partial charge in [-0.05, 0) is 25.1 Å². The summed E-state index contributed by atoms with van der Waals surface area (Å²) in [6.07, 6.45) is 0. The van der Waals surface area contributed by atoms with Crippen molar-refractivity contribution in [1.82, 2.24) is 0 Å². The van der Waals surface area contributed by atoms with Gasteiger partial charge in [-0.25, -0.2) is 9.18 Å². The number of nitrogens with one attached hydrogen (secondary N) is 1. The molecule has 2 aromatic rings. The Labute approximate surface area is 119 Å². The van der Waals surface area contributed by atoms with Crippen LogP contribution in [0.4, 0.5) is 10.1 Å². The maximum absolute atomic E-state index is 13.2. The Morgan fingerprint density at radius 2 is 2.25 bits per heavy atom. The second-order valence-electron chi connectivity index (χ2n) is 4.03. The molecule has 0 atom stereocenters. The van der Waals surface area contributed by atoms with Crippen LogP contribution in [0, 0.1) is 5.82 Å². The van der Waals surface area contributed by atoms with E-state index in [0.717, 1.165) is 4.88 Å². The topological polar surface area (TPSA) is 58.6 Å². The van der Waals surface area contributed by atoms with Crippen molar-refractivity contribution in [3.8, 4) is 5.75 Å². The molecule has 0 aliphatic rings. The van der Waals surface area contributed by atoms with E-state index in [-0.39, 0.29) is 11.4 Å². The van der Waals surface area contributed by atoms with E-state index in [4.69, 9.17) is 9.84 Å². The molecule has 1 aromatic heterocycles. The zero-order valence-electron chi connectivity index (χ0n) is 10.9. The number of anilines is 1. The summed E-state index contributed by atoms with van der Waals surface area (Å²) in [7, 11) is 0. The summed E-state index contributed by atoms with van der Waals surface area (Å²) in [4.78, 5) is 11.7. The maximum atomic E-state index is 13.2. The van der Waals surface area contributed by atoms with Gasteiger partial charge in [0.1, 0.15) is 11.6 Å². The van der Waals surface area contributed by atoms with E-state index < -0.39 is 5.97 Å². The molecule has 0 aliphatic carbocycles. The summed E-state index contributed by atoms with van der Waals surface area (Å²) >= 11 is 1.36. The monoisotopic (exact) mass is 295 g/mol. The normalized spacial score (nSPS) is 10.3. The minimum Gasteiger partial charge on any atom is -0.492 e. The summed E-state index contributed by atoms with van der Waals surface area (Å²) in [5, 5.41) is 13.6. The van der Waals surface area contributed by atoms with Crippen LogP contribution in [-0.4, -0.2) is 17.7 Å². The van der Waals surface area contributed by atoms with Gasteiger partial charge in [0.2, 0.25) is 0 Å². The van der Waals surface area contributed by atoms with E-state index in [1.54, 1.807) is 17.5 Å². The van der Waals surface area contributed by atoms with Gasteiger partial charge in [0.05, 0.1) is 17.9 Å². The molecule has 2 rings (SSSR count). The van der Waals surface area contributed by atoms with Crippen molar-refractivity contribution in [2.75, 3.05) is 11.9 Å². The van der Waals surface area contributed by atoms with Crippen LogP contribution < -0.4 is 10.1 Å². The summed E-state index contributed by atoms with van der Waals surface area (Å²) in [5.74, 6) is -0.852. The highest BCUT2D eigenvalue weighted by atomic mass is 32.1. The van der Waals surface area contributed by atoms with Gasteiger partial charge in [-0.3, -0.25) is 0 Å². The van der Waals surface area contributed by atoms with Gasteiger partial charge in [-0.1, -0.05) is 0 Å². The van der Waals surface area contributed by atoms with E-state index in [9.17, 15) is 9.18 Å². The molecular weight excluding hydrogens is 281 g/mol. The van der Waals surface area contributed by atoms with Crippen LogP contribution in [0.25, 0.3) is 0 Å². The Morgan fingerprint density at radius 1 is 1.45 bits per heavy atom. The largest absolute Gasteiger partial charge is 0.492 e. The van der Waals surface area contributed by atoms with E-state index in [0.29, 0.717) is 24.6 Å².